The van der Waals surface area contributed by atoms with Gasteiger partial charge in [-0.1, -0.05) is 42.8 Å². The van der Waals surface area contributed by atoms with Gasteiger partial charge in [-0.25, -0.2) is 0 Å². The molecule has 2 rings (SSSR count). The normalized spacial score (nSPS) is 12.2. The number of carbonyl (C=O) groups excluding carboxylic acids is 1. The first-order valence-electron chi connectivity index (χ1n) is 8.29. The topological polar surface area (TPSA) is 62.1 Å². The van der Waals surface area contributed by atoms with Crippen LogP contribution in [0.3, 0.4) is 0 Å². The predicted octanol–water partition coefficient (Wildman–Crippen LogP) is 4.72. The van der Waals surface area contributed by atoms with E-state index in [0.717, 1.165) is 12.0 Å². The average Bonchev–Trinajstić information content (AvgIpc) is 2.62. The Morgan fingerprint density at radius 3 is 2.56 bits per heavy atom. The van der Waals surface area contributed by atoms with E-state index in [0.29, 0.717) is 17.0 Å². The Kier molecular flexibility index (Phi) is 6.36. The molecule has 25 heavy (non-hydrogen) atoms. The van der Waals surface area contributed by atoms with Gasteiger partial charge in [0.05, 0.1) is 6.10 Å². The van der Waals surface area contributed by atoms with Gasteiger partial charge in [-0.2, -0.15) is 5.26 Å². The molecule has 0 spiro atoms. The molecule has 0 aliphatic rings. The third-order valence-corrected chi connectivity index (χ3v) is 3.80. The number of benzene rings is 2. The van der Waals surface area contributed by atoms with Crippen molar-refractivity contribution in [1.29, 1.82) is 5.26 Å². The third kappa shape index (κ3) is 5.22. The van der Waals surface area contributed by atoms with E-state index in [4.69, 9.17) is 4.74 Å². The lowest BCUT2D eigenvalue weighted by Gasteiger charge is -2.14. The molecule has 0 saturated heterocycles. The maximum absolute atomic E-state index is 12.4. The Morgan fingerprint density at radius 1 is 1.24 bits per heavy atom. The van der Waals surface area contributed by atoms with E-state index in [1.54, 1.807) is 6.08 Å². The number of rotatable bonds is 6. The van der Waals surface area contributed by atoms with E-state index in [2.05, 4.69) is 5.32 Å². The lowest BCUT2D eigenvalue weighted by molar-refractivity contribution is -0.112. The van der Waals surface area contributed by atoms with Crippen molar-refractivity contribution < 1.29 is 9.53 Å². The van der Waals surface area contributed by atoms with Crippen LogP contribution in [0.2, 0.25) is 0 Å². The number of amides is 1. The average molecular weight is 334 g/mol. The minimum Gasteiger partial charge on any atom is -0.490 e. The minimum atomic E-state index is -0.440. The Labute approximate surface area is 148 Å². The summed E-state index contributed by atoms with van der Waals surface area (Å²) >= 11 is 0. The summed E-state index contributed by atoms with van der Waals surface area (Å²) < 4.78 is 5.87. The highest BCUT2D eigenvalue weighted by Gasteiger charge is 2.12. The summed E-state index contributed by atoms with van der Waals surface area (Å²) in [6, 6.07) is 16.8. The first-order valence-corrected chi connectivity index (χ1v) is 8.29. The van der Waals surface area contributed by atoms with Gasteiger partial charge in [-0.05, 0) is 44.5 Å². The minimum absolute atomic E-state index is 0.0285. The molecule has 0 unspecified atom stereocenters. The number of para-hydroxylation sites is 1. The molecule has 0 saturated carbocycles. The number of hydrogen-bond acceptors (Lipinski definition) is 3. The Morgan fingerprint density at radius 2 is 1.92 bits per heavy atom. The van der Waals surface area contributed by atoms with Gasteiger partial charge in [-0.15, -0.1) is 0 Å². The van der Waals surface area contributed by atoms with Gasteiger partial charge in [0, 0.05) is 11.3 Å². The summed E-state index contributed by atoms with van der Waals surface area (Å²) in [6.07, 6.45) is 2.49. The zero-order chi connectivity index (χ0) is 18.2. The summed E-state index contributed by atoms with van der Waals surface area (Å²) in [7, 11) is 0. The second-order valence-corrected chi connectivity index (χ2v) is 5.86. The quantitative estimate of drug-likeness (QED) is 0.614. The number of nitrogens with one attached hydrogen (secondary N) is 1. The van der Waals surface area contributed by atoms with Crippen molar-refractivity contribution in [2.45, 2.75) is 33.3 Å². The smallest absolute Gasteiger partial charge is 0.266 e. The summed E-state index contributed by atoms with van der Waals surface area (Å²) in [6.45, 7) is 6.00. The molecule has 4 nitrogen and oxygen atoms in total. The largest absolute Gasteiger partial charge is 0.490 e. The fourth-order valence-electron chi connectivity index (χ4n) is 2.15. The van der Waals surface area contributed by atoms with Gasteiger partial charge >= 0.3 is 0 Å². The zero-order valence-corrected chi connectivity index (χ0v) is 14.7. The number of anilines is 1. The van der Waals surface area contributed by atoms with E-state index >= 15 is 0 Å². The standard InChI is InChI=1S/C21H22N2O2/c1-4-16(3)25-20-8-6-5-7-17(20)13-18(14-22)21(24)23-19-11-9-15(2)10-12-19/h5-13,16H,4H2,1-3H3,(H,23,24)/b18-13+/t16-/m0/s1. The molecule has 4 heteroatoms. The molecule has 2 aromatic carbocycles. The molecule has 0 radical (unpaired) electrons. The molecule has 1 N–H and O–H groups in total. The van der Waals surface area contributed by atoms with E-state index < -0.39 is 5.91 Å². The van der Waals surface area contributed by atoms with Crippen molar-refractivity contribution in [3.05, 3.63) is 65.2 Å². The second-order valence-electron chi connectivity index (χ2n) is 5.86. The molecule has 2 aromatic rings. The molecule has 0 heterocycles. The van der Waals surface area contributed by atoms with Crippen molar-refractivity contribution in [3.63, 3.8) is 0 Å². The monoisotopic (exact) mass is 334 g/mol. The van der Waals surface area contributed by atoms with Crippen LogP contribution in [0.1, 0.15) is 31.4 Å². The number of ether oxygens (including phenoxy) is 1. The van der Waals surface area contributed by atoms with Crippen molar-refractivity contribution in [2.24, 2.45) is 0 Å². The predicted molar refractivity (Wildman–Crippen MR) is 100 cm³/mol. The van der Waals surface area contributed by atoms with Gasteiger partial charge < -0.3 is 10.1 Å². The summed E-state index contributed by atoms with van der Waals surface area (Å²) in [5.41, 5.74) is 2.49. The number of carbonyl (C=O) groups is 1. The molecule has 0 aromatic heterocycles. The molecule has 128 valence electrons. The zero-order valence-electron chi connectivity index (χ0n) is 14.7. The van der Waals surface area contributed by atoms with Crippen LogP contribution < -0.4 is 10.1 Å². The van der Waals surface area contributed by atoms with E-state index in [9.17, 15) is 10.1 Å². The Balaban J connectivity index is 2.23. The van der Waals surface area contributed by atoms with E-state index in [-0.39, 0.29) is 11.7 Å². The van der Waals surface area contributed by atoms with Crippen LogP contribution in [0.15, 0.2) is 54.1 Å². The van der Waals surface area contributed by atoms with Crippen LogP contribution in [0.4, 0.5) is 5.69 Å². The second kappa shape index (κ2) is 8.70. The van der Waals surface area contributed by atoms with Crippen LogP contribution in [0.5, 0.6) is 5.75 Å². The Hall–Kier alpha value is -3.06. The van der Waals surface area contributed by atoms with Crippen molar-refractivity contribution in [1.82, 2.24) is 0 Å². The molecule has 0 aliphatic carbocycles. The maximum Gasteiger partial charge on any atom is 0.266 e. The van der Waals surface area contributed by atoms with Gasteiger partial charge in [0.1, 0.15) is 17.4 Å². The highest BCUT2D eigenvalue weighted by atomic mass is 16.5. The molecule has 1 atom stereocenters. The van der Waals surface area contributed by atoms with Gasteiger partial charge in [-0.3, -0.25) is 4.79 Å². The third-order valence-electron chi connectivity index (χ3n) is 3.80. The number of aryl methyl sites for hydroxylation is 1. The van der Waals surface area contributed by atoms with Crippen LogP contribution in [0.25, 0.3) is 6.08 Å². The summed E-state index contributed by atoms with van der Waals surface area (Å²) in [5, 5.41) is 12.1. The lowest BCUT2D eigenvalue weighted by Crippen LogP contribution is -2.14. The van der Waals surface area contributed by atoms with Gasteiger partial charge in [0.15, 0.2) is 0 Å². The SMILES string of the molecule is CC[C@H](C)Oc1ccccc1/C=C(\C#N)C(=O)Nc1ccc(C)cc1. The molecular weight excluding hydrogens is 312 g/mol. The molecule has 0 bridgehead atoms. The molecule has 1 amide bonds. The molecule has 0 aliphatic heterocycles. The molecule has 0 fully saturated rings. The maximum atomic E-state index is 12.4. The first kappa shape index (κ1) is 18.3. The van der Waals surface area contributed by atoms with E-state index in [1.807, 2.05) is 75.4 Å². The van der Waals surface area contributed by atoms with Crippen LogP contribution >= 0.6 is 0 Å². The highest BCUT2D eigenvalue weighted by Crippen LogP contribution is 2.23. The van der Waals surface area contributed by atoms with Crippen molar-refractivity contribution in [3.8, 4) is 11.8 Å². The first-order chi connectivity index (χ1) is 12.0. The Bertz CT molecular complexity index is 801. The lowest BCUT2D eigenvalue weighted by atomic mass is 10.1. The van der Waals surface area contributed by atoms with E-state index in [1.165, 1.54) is 0 Å². The van der Waals surface area contributed by atoms with Gasteiger partial charge in [0.25, 0.3) is 5.91 Å². The molecular formula is C21H22N2O2. The summed E-state index contributed by atoms with van der Waals surface area (Å²) in [4.78, 5) is 12.4. The van der Waals surface area contributed by atoms with Crippen molar-refractivity contribution >= 4 is 17.7 Å². The number of nitriles is 1. The fraction of sp³-hybridized carbons (Fsp3) is 0.238. The van der Waals surface area contributed by atoms with Crippen LogP contribution in [-0.2, 0) is 4.79 Å². The van der Waals surface area contributed by atoms with Crippen LogP contribution in [-0.4, -0.2) is 12.0 Å². The van der Waals surface area contributed by atoms with Gasteiger partial charge in [0.2, 0.25) is 0 Å². The fourth-order valence-corrected chi connectivity index (χ4v) is 2.15. The van der Waals surface area contributed by atoms with Crippen LogP contribution in [0, 0.1) is 18.3 Å². The highest BCUT2D eigenvalue weighted by molar-refractivity contribution is 6.09. The number of hydrogen-bond donors (Lipinski definition) is 1. The van der Waals surface area contributed by atoms with Crippen molar-refractivity contribution in [2.75, 3.05) is 5.32 Å². The number of nitrogens with zero attached hydrogens (tertiary/aromatic N) is 1. The summed E-state index contributed by atoms with van der Waals surface area (Å²) in [5.74, 6) is 0.220.